The number of ether oxygens (including phenoxy) is 1. The summed E-state index contributed by atoms with van der Waals surface area (Å²) in [4.78, 5) is 16.6. The van der Waals surface area contributed by atoms with Crippen LogP contribution >= 0.6 is 11.3 Å². The molecule has 0 unspecified atom stereocenters. The van der Waals surface area contributed by atoms with Gasteiger partial charge in [-0.15, -0.1) is 11.3 Å². The second-order valence-corrected chi connectivity index (χ2v) is 7.08. The van der Waals surface area contributed by atoms with E-state index in [1.165, 1.54) is 23.5 Å². The Balaban J connectivity index is 1.62. The molecule has 1 amide bonds. The standard InChI is InChI=1S/C20H17FN2O2S/c1-25-18-8-7-14(21)10-16(18)17-11-26-20(23-17)13-3-2-4-15(9-13)22-19(24)12-5-6-12/h2-4,7-12H,5-6H2,1H3,(H,22,24). The van der Waals surface area contributed by atoms with E-state index >= 15 is 0 Å². The summed E-state index contributed by atoms with van der Waals surface area (Å²) < 4.78 is 18.9. The van der Waals surface area contributed by atoms with Crippen LogP contribution in [0.5, 0.6) is 5.75 Å². The number of methoxy groups -OCH3 is 1. The molecule has 0 bridgehead atoms. The first-order valence-corrected chi connectivity index (χ1v) is 9.23. The van der Waals surface area contributed by atoms with Gasteiger partial charge in [-0.2, -0.15) is 0 Å². The van der Waals surface area contributed by atoms with Gasteiger partial charge in [0.15, 0.2) is 0 Å². The van der Waals surface area contributed by atoms with Crippen molar-refractivity contribution in [1.29, 1.82) is 0 Å². The highest BCUT2D eigenvalue weighted by Crippen LogP contribution is 2.35. The van der Waals surface area contributed by atoms with Crippen molar-refractivity contribution in [3.8, 4) is 27.6 Å². The Hall–Kier alpha value is -2.73. The van der Waals surface area contributed by atoms with Gasteiger partial charge in [-0.1, -0.05) is 12.1 Å². The molecule has 26 heavy (non-hydrogen) atoms. The summed E-state index contributed by atoms with van der Waals surface area (Å²) in [7, 11) is 1.55. The summed E-state index contributed by atoms with van der Waals surface area (Å²) in [5, 5.41) is 5.62. The fourth-order valence-electron chi connectivity index (χ4n) is 2.73. The molecular formula is C20H17FN2O2S. The first-order chi connectivity index (χ1) is 12.6. The van der Waals surface area contributed by atoms with Crippen molar-refractivity contribution >= 4 is 22.9 Å². The van der Waals surface area contributed by atoms with Gasteiger partial charge in [0, 0.05) is 28.1 Å². The zero-order valence-corrected chi connectivity index (χ0v) is 15.0. The quantitative estimate of drug-likeness (QED) is 0.691. The number of aromatic nitrogens is 1. The van der Waals surface area contributed by atoms with E-state index in [1.807, 2.05) is 29.6 Å². The molecule has 1 saturated carbocycles. The Labute approximate surface area is 154 Å². The number of amides is 1. The largest absolute Gasteiger partial charge is 0.496 e. The molecule has 3 aromatic rings. The fourth-order valence-corrected chi connectivity index (χ4v) is 3.55. The van der Waals surface area contributed by atoms with E-state index in [-0.39, 0.29) is 17.6 Å². The number of benzene rings is 2. The van der Waals surface area contributed by atoms with Crippen LogP contribution in [0.2, 0.25) is 0 Å². The van der Waals surface area contributed by atoms with Gasteiger partial charge in [-0.3, -0.25) is 4.79 Å². The average Bonchev–Trinajstić information content (AvgIpc) is 3.39. The highest BCUT2D eigenvalue weighted by atomic mass is 32.1. The number of nitrogens with one attached hydrogen (secondary N) is 1. The molecule has 1 N–H and O–H groups in total. The molecule has 132 valence electrons. The molecule has 1 aromatic heterocycles. The molecule has 1 aliphatic rings. The molecule has 4 rings (SSSR count). The van der Waals surface area contributed by atoms with Crippen LogP contribution in [0.15, 0.2) is 47.8 Å². The van der Waals surface area contributed by atoms with Gasteiger partial charge in [0.05, 0.1) is 12.8 Å². The molecule has 6 heteroatoms. The number of thiazole rings is 1. The molecule has 0 saturated heterocycles. The van der Waals surface area contributed by atoms with Gasteiger partial charge in [-0.25, -0.2) is 9.37 Å². The number of hydrogen-bond donors (Lipinski definition) is 1. The maximum Gasteiger partial charge on any atom is 0.227 e. The van der Waals surface area contributed by atoms with Gasteiger partial charge in [-0.05, 0) is 43.2 Å². The third-order valence-electron chi connectivity index (χ3n) is 4.27. The third-order valence-corrected chi connectivity index (χ3v) is 5.16. The first-order valence-electron chi connectivity index (χ1n) is 8.35. The maximum atomic E-state index is 13.6. The molecular weight excluding hydrogens is 351 g/mol. The topological polar surface area (TPSA) is 51.2 Å². The Morgan fingerprint density at radius 1 is 1.27 bits per heavy atom. The number of nitrogens with zero attached hydrogens (tertiary/aromatic N) is 1. The number of anilines is 1. The van der Waals surface area contributed by atoms with Crippen molar-refractivity contribution < 1.29 is 13.9 Å². The van der Waals surface area contributed by atoms with Crippen LogP contribution in [0.25, 0.3) is 21.8 Å². The summed E-state index contributed by atoms with van der Waals surface area (Å²) in [5.41, 5.74) is 2.95. The maximum absolute atomic E-state index is 13.6. The lowest BCUT2D eigenvalue weighted by Crippen LogP contribution is -2.13. The van der Waals surface area contributed by atoms with Crippen molar-refractivity contribution in [3.05, 3.63) is 53.7 Å². The SMILES string of the molecule is COc1ccc(F)cc1-c1csc(-c2cccc(NC(=O)C3CC3)c2)n1. The van der Waals surface area contributed by atoms with Crippen LogP contribution in [-0.4, -0.2) is 18.0 Å². The lowest BCUT2D eigenvalue weighted by Gasteiger charge is -2.06. The van der Waals surface area contributed by atoms with E-state index in [0.717, 1.165) is 29.1 Å². The number of carbonyl (C=O) groups is 1. The third kappa shape index (κ3) is 3.46. The van der Waals surface area contributed by atoms with E-state index in [1.54, 1.807) is 13.2 Å². The van der Waals surface area contributed by atoms with E-state index in [2.05, 4.69) is 10.3 Å². The summed E-state index contributed by atoms with van der Waals surface area (Å²) in [6, 6.07) is 12.0. The molecule has 0 spiro atoms. The number of halogens is 1. The molecule has 4 nitrogen and oxygen atoms in total. The smallest absolute Gasteiger partial charge is 0.227 e. The Bertz CT molecular complexity index is 966. The highest BCUT2D eigenvalue weighted by molar-refractivity contribution is 7.13. The van der Waals surface area contributed by atoms with Gasteiger partial charge in [0.1, 0.15) is 16.6 Å². The van der Waals surface area contributed by atoms with Crippen LogP contribution in [0.3, 0.4) is 0 Å². The molecule has 1 fully saturated rings. The Kier molecular flexibility index (Phi) is 4.42. The molecule has 1 heterocycles. The zero-order valence-electron chi connectivity index (χ0n) is 14.2. The Morgan fingerprint density at radius 2 is 2.12 bits per heavy atom. The first kappa shape index (κ1) is 16.7. The van der Waals surface area contributed by atoms with Crippen molar-refractivity contribution in [2.45, 2.75) is 12.8 Å². The Morgan fingerprint density at radius 3 is 2.88 bits per heavy atom. The van der Waals surface area contributed by atoms with Crippen molar-refractivity contribution in [3.63, 3.8) is 0 Å². The number of hydrogen-bond acceptors (Lipinski definition) is 4. The van der Waals surface area contributed by atoms with Crippen molar-refractivity contribution in [2.75, 3.05) is 12.4 Å². The zero-order chi connectivity index (χ0) is 18.1. The minimum atomic E-state index is -0.333. The van der Waals surface area contributed by atoms with E-state index in [9.17, 15) is 9.18 Å². The highest BCUT2D eigenvalue weighted by Gasteiger charge is 2.29. The van der Waals surface area contributed by atoms with Crippen molar-refractivity contribution in [2.24, 2.45) is 5.92 Å². The molecule has 0 radical (unpaired) electrons. The minimum absolute atomic E-state index is 0.0754. The summed E-state index contributed by atoms with van der Waals surface area (Å²) in [5.74, 6) is 0.478. The summed E-state index contributed by atoms with van der Waals surface area (Å²) >= 11 is 1.47. The fraction of sp³-hybridized carbons (Fsp3) is 0.200. The molecule has 0 atom stereocenters. The molecule has 0 aliphatic heterocycles. The summed E-state index contributed by atoms with van der Waals surface area (Å²) in [6.45, 7) is 0. The second kappa shape index (κ2) is 6.88. The van der Waals surface area contributed by atoms with Crippen LogP contribution in [0, 0.1) is 11.7 Å². The van der Waals surface area contributed by atoms with E-state index < -0.39 is 0 Å². The molecule has 2 aromatic carbocycles. The van der Waals surface area contributed by atoms with E-state index in [4.69, 9.17) is 4.74 Å². The summed E-state index contributed by atoms with van der Waals surface area (Å²) in [6.07, 6.45) is 1.94. The van der Waals surface area contributed by atoms with Gasteiger partial charge < -0.3 is 10.1 Å². The normalized spacial score (nSPS) is 13.5. The van der Waals surface area contributed by atoms with Crippen LogP contribution in [0.4, 0.5) is 10.1 Å². The lowest BCUT2D eigenvalue weighted by atomic mass is 10.1. The lowest BCUT2D eigenvalue weighted by molar-refractivity contribution is -0.117. The van der Waals surface area contributed by atoms with Gasteiger partial charge in [0.2, 0.25) is 5.91 Å². The molecule has 1 aliphatic carbocycles. The number of rotatable bonds is 5. The number of carbonyl (C=O) groups excluding carboxylic acids is 1. The van der Waals surface area contributed by atoms with Crippen LogP contribution < -0.4 is 10.1 Å². The van der Waals surface area contributed by atoms with Crippen LogP contribution in [-0.2, 0) is 4.79 Å². The van der Waals surface area contributed by atoms with Gasteiger partial charge in [0.25, 0.3) is 0 Å². The second-order valence-electron chi connectivity index (χ2n) is 6.23. The van der Waals surface area contributed by atoms with E-state index in [0.29, 0.717) is 17.0 Å². The average molecular weight is 368 g/mol. The van der Waals surface area contributed by atoms with Crippen molar-refractivity contribution in [1.82, 2.24) is 4.98 Å². The van der Waals surface area contributed by atoms with Gasteiger partial charge >= 0.3 is 0 Å². The predicted molar refractivity (Wildman–Crippen MR) is 101 cm³/mol. The minimum Gasteiger partial charge on any atom is -0.496 e. The van der Waals surface area contributed by atoms with Crippen LogP contribution in [0.1, 0.15) is 12.8 Å². The monoisotopic (exact) mass is 368 g/mol. The predicted octanol–water partition coefficient (Wildman–Crippen LogP) is 4.97.